The van der Waals surface area contributed by atoms with Gasteiger partial charge in [0.25, 0.3) is 0 Å². The van der Waals surface area contributed by atoms with Crippen molar-refractivity contribution in [2.75, 3.05) is 13.2 Å². The second kappa shape index (κ2) is 5.77. The van der Waals surface area contributed by atoms with Gasteiger partial charge in [-0.3, -0.25) is 0 Å². The van der Waals surface area contributed by atoms with Crippen molar-refractivity contribution in [2.45, 2.75) is 58.4 Å². The van der Waals surface area contributed by atoms with E-state index in [2.05, 4.69) is 37.4 Å². The summed E-state index contributed by atoms with van der Waals surface area (Å²) in [6, 6.07) is 7.01. The summed E-state index contributed by atoms with van der Waals surface area (Å²) in [4.78, 5) is 0. The molecule has 1 heterocycles. The number of para-hydroxylation sites is 1. The van der Waals surface area contributed by atoms with Crippen molar-refractivity contribution in [3.05, 3.63) is 29.3 Å². The molecule has 1 saturated carbocycles. The summed E-state index contributed by atoms with van der Waals surface area (Å²) in [6.07, 6.45) is 7.89. The molecule has 2 heteroatoms. The predicted octanol–water partition coefficient (Wildman–Crippen LogP) is 4.38. The van der Waals surface area contributed by atoms with E-state index >= 15 is 0 Å². The molecule has 0 spiro atoms. The highest BCUT2D eigenvalue weighted by Crippen LogP contribution is 2.39. The summed E-state index contributed by atoms with van der Waals surface area (Å²) in [5.41, 5.74) is 3.14. The smallest absolute Gasteiger partial charge is 0.126 e. The molecule has 0 saturated heterocycles. The summed E-state index contributed by atoms with van der Waals surface area (Å²) in [5, 5.41) is 3.85. The maximum absolute atomic E-state index is 5.97. The second-order valence-electron chi connectivity index (χ2n) is 6.94. The highest BCUT2D eigenvalue weighted by atomic mass is 16.5. The first-order valence-electron chi connectivity index (χ1n) is 8.14. The SMILES string of the molecule is Cc1cccc2c1OCCCC2NCC1(C)CCCC1. The molecular weight excluding hydrogens is 246 g/mol. The number of ether oxygens (including phenoxy) is 1. The van der Waals surface area contributed by atoms with Crippen LogP contribution in [0.2, 0.25) is 0 Å². The standard InChI is InChI=1S/C18H27NO/c1-14-7-5-8-15-16(9-6-12-20-17(14)15)19-13-18(2)10-3-4-11-18/h5,7-8,16,19H,3-4,6,9-13H2,1-2H3. The molecule has 0 amide bonds. The van der Waals surface area contributed by atoms with Crippen molar-refractivity contribution in [3.8, 4) is 5.75 Å². The van der Waals surface area contributed by atoms with Crippen molar-refractivity contribution < 1.29 is 4.74 Å². The highest BCUT2D eigenvalue weighted by molar-refractivity contribution is 5.43. The Morgan fingerprint density at radius 3 is 2.85 bits per heavy atom. The van der Waals surface area contributed by atoms with Crippen LogP contribution in [0.4, 0.5) is 0 Å². The molecule has 1 N–H and O–H groups in total. The Labute approximate surface area is 122 Å². The monoisotopic (exact) mass is 273 g/mol. The Kier molecular flexibility index (Phi) is 4.02. The van der Waals surface area contributed by atoms with Crippen LogP contribution in [0.3, 0.4) is 0 Å². The van der Waals surface area contributed by atoms with Crippen LogP contribution in [0.15, 0.2) is 18.2 Å². The summed E-state index contributed by atoms with van der Waals surface area (Å²) in [6.45, 7) is 6.59. The molecule has 3 rings (SSSR count). The van der Waals surface area contributed by atoms with Gasteiger partial charge in [0, 0.05) is 18.2 Å². The predicted molar refractivity (Wildman–Crippen MR) is 83.2 cm³/mol. The van der Waals surface area contributed by atoms with E-state index in [1.165, 1.54) is 43.2 Å². The molecule has 1 aliphatic carbocycles. The van der Waals surface area contributed by atoms with Crippen molar-refractivity contribution in [1.29, 1.82) is 0 Å². The van der Waals surface area contributed by atoms with Crippen LogP contribution in [0.1, 0.15) is 62.6 Å². The van der Waals surface area contributed by atoms with E-state index < -0.39 is 0 Å². The summed E-state index contributed by atoms with van der Waals surface area (Å²) < 4.78 is 5.97. The fraction of sp³-hybridized carbons (Fsp3) is 0.667. The average molecular weight is 273 g/mol. The van der Waals surface area contributed by atoms with Gasteiger partial charge in [0.2, 0.25) is 0 Å². The van der Waals surface area contributed by atoms with Crippen LogP contribution in [-0.2, 0) is 0 Å². The number of hydrogen-bond donors (Lipinski definition) is 1. The van der Waals surface area contributed by atoms with Crippen molar-refractivity contribution in [2.24, 2.45) is 5.41 Å². The van der Waals surface area contributed by atoms with Gasteiger partial charge < -0.3 is 10.1 Å². The quantitative estimate of drug-likeness (QED) is 0.882. The van der Waals surface area contributed by atoms with Gasteiger partial charge in [-0.2, -0.15) is 0 Å². The van der Waals surface area contributed by atoms with Gasteiger partial charge in [-0.15, -0.1) is 0 Å². The van der Waals surface area contributed by atoms with Crippen LogP contribution in [0.25, 0.3) is 0 Å². The molecule has 1 aromatic carbocycles. The van der Waals surface area contributed by atoms with Crippen molar-refractivity contribution in [3.63, 3.8) is 0 Å². The van der Waals surface area contributed by atoms with E-state index in [-0.39, 0.29) is 0 Å². The molecular formula is C18H27NO. The number of aryl methyl sites for hydroxylation is 1. The average Bonchev–Trinajstić information content (AvgIpc) is 2.75. The van der Waals surface area contributed by atoms with E-state index in [4.69, 9.17) is 4.74 Å². The molecule has 0 radical (unpaired) electrons. The highest BCUT2D eigenvalue weighted by Gasteiger charge is 2.30. The molecule has 0 bridgehead atoms. The van der Waals surface area contributed by atoms with Gasteiger partial charge in [0.15, 0.2) is 0 Å². The summed E-state index contributed by atoms with van der Waals surface area (Å²) in [5.74, 6) is 1.12. The summed E-state index contributed by atoms with van der Waals surface area (Å²) in [7, 11) is 0. The van der Waals surface area contributed by atoms with E-state index in [0.29, 0.717) is 11.5 Å². The maximum Gasteiger partial charge on any atom is 0.126 e. The fourth-order valence-corrected chi connectivity index (χ4v) is 3.75. The molecule has 1 atom stereocenters. The topological polar surface area (TPSA) is 21.3 Å². The third kappa shape index (κ3) is 2.85. The first-order chi connectivity index (χ1) is 9.68. The Bertz CT molecular complexity index is 462. The van der Waals surface area contributed by atoms with Gasteiger partial charge in [0.1, 0.15) is 5.75 Å². The van der Waals surface area contributed by atoms with Crippen molar-refractivity contribution >= 4 is 0 Å². The largest absolute Gasteiger partial charge is 0.493 e. The maximum atomic E-state index is 5.97. The molecule has 20 heavy (non-hydrogen) atoms. The first-order valence-corrected chi connectivity index (χ1v) is 8.14. The van der Waals surface area contributed by atoms with E-state index in [1.807, 2.05) is 0 Å². The molecule has 2 nitrogen and oxygen atoms in total. The lowest BCUT2D eigenvalue weighted by atomic mass is 9.88. The molecule has 1 aliphatic heterocycles. The van der Waals surface area contributed by atoms with Gasteiger partial charge >= 0.3 is 0 Å². The van der Waals surface area contributed by atoms with Crippen LogP contribution >= 0.6 is 0 Å². The minimum Gasteiger partial charge on any atom is -0.493 e. The molecule has 110 valence electrons. The molecule has 1 unspecified atom stereocenters. The zero-order chi connectivity index (χ0) is 14.0. The van der Waals surface area contributed by atoms with Gasteiger partial charge in [-0.05, 0) is 43.6 Å². The summed E-state index contributed by atoms with van der Waals surface area (Å²) >= 11 is 0. The van der Waals surface area contributed by atoms with Crippen molar-refractivity contribution in [1.82, 2.24) is 5.32 Å². The Hall–Kier alpha value is -1.02. The zero-order valence-corrected chi connectivity index (χ0v) is 12.9. The molecule has 1 aromatic rings. The van der Waals surface area contributed by atoms with Crippen LogP contribution in [0, 0.1) is 12.3 Å². The van der Waals surface area contributed by atoms with Crippen LogP contribution in [-0.4, -0.2) is 13.2 Å². The Morgan fingerprint density at radius 1 is 1.25 bits per heavy atom. The lowest BCUT2D eigenvalue weighted by molar-refractivity contribution is 0.290. The Morgan fingerprint density at radius 2 is 2.05 bits per heavy atom. The van der Waals surface area contributed by atoms with Gasteiger partial charge in [-0.1, -0.05) is 38.0 Å². The number of rotatable bonds is 3. The zero-order valence-electron chi connectivity index (χ0n) is 12.9. The second-order valence-corrected chi connectivity index (χ2v) is 6.94. The number of nitrogens with one attached hydrogen (secondary N) is 1. The minimum absolute atomic E-state index is 0.463. The lowest BCUT2D eigenvalue weighted by Gasteiger charge is -2.28. The lowest BCUT2D eigenvalue weighted by Crippen LogP contribution is -2.32. The number of benzene rings is 1. The van der Waals surface area contributed by atoms with E-state index in [1.54, 1.807) is 0 Å². The number of hydrogen-bond acceptors (Lipinski definition) is 2. The third-order valence-corrected chi connectivity index (χ3v) is 5.09. The fourth-order valence-electron chi connectivity index (χ4n) is 3.75. The van der Waals surface area contributed by atoms with E-state index in [0.717, 1.165) is 25.3 Å². The van der Waals surface area contributed by atoms with Gasteiger partial charge in [0.05, 0.1) is 6.61 Å². The van der Waals surface area contributed by atoms with Crippen LogP contribution < -0.4 is 10.1 Å². The number of fused-ring (bicyclic) bond motifs is 1. The molecule has 0 aromatic heterocycles. The molecule has 2 aliphatic rings. The third-order valence-electron chi connectivity index (χ3n) is 5.09. The molecule has 1 fully saturated rings. The minimum atomic E-state index is 0.463. The first kappa shape index (κ1) is 13.9. The van der Waals surface area contributed by atoms with Crippen LogP contribution in [0.5, 0.6) is 5.75 Å². The van der Waals surface area contributed by atoms with E-state index in [9.17, 15) is 0 Å². The normalized spacial score (nSPS) is 24.8. The Balaban J connectivity index is 1.75. The van der Waals surface area contributed by atoms with Gasteiger partial charge in [-0.25, -0.2) is 0 Å².